The molecule has 1 spiro atoms. The van der Waals surface area contributed by atoms with Gasteiger partial charge in [0.1, 0.15) is 0 Å². The Hall–Kier alpha value is -0.890. The van der Waals surface area contributed by atoms with Gasteiger partial charge in [-0.3, -0.25) is 4.79 Å². The van der Waals surface area contributed by atoms with Gasteiger partial charge in [-0.15, -0.1) is 0 Å². The first kappa shape index (κ1) is 34.4. The fourth-order valence-corrected chi connectivity index (χ4v) is 9.01. The van der Waals surface area contributed by atoms with Crippen LogP contribution in [0, 0.1) is 23.7 Å². The first-order chi connectivity index (χ1) is 20.8. The number of aliphatic hydroxyl groups is 3. The second-order valence-corrected chi connectivity index (χ2v) is 14.6. The van der Waals surface area contributed by atoms with Crippen molar-refractivity contribution in [2.75, 3.05) is 13.7 Å². The van der Waals surface area contributed by atoms with Crippen LogP contribution < -0.4 is 0 Å². The van der Waals surface area contributed by atoms with Crippen molar-refractivity contribution in [2.24, 2.45) is 23.7 Å². The SMILES string of the molecule is CC[C@@]1([C@@H]2O[C@@H]([C@@H]3CCC[C@](O)(CO)O3)C[C@@H]2C)CC[C@H]([C@@H]2CC[C@@]3(C[C@H](O)[C@@H](C)[C@@H]([C@@H](C)[C@@H](OC)[C@H](C)C(=O)O)O3)O2)O1. The van der Waals surface area contributed by atoms with Crippen LogP contribution in [0.1, 0.15) is 98.8 Å². The number of aliphatic carboxylic acids is 1. The van der Waals surface area contributed by atoms with E-state index in [0.29, 0.717) is 19.3 Å². The minimum atomic E-state index is -1.50. The van der Waals surface area contributed by atoms with Gasteiger partial charge < -0.3 is 48.8 Å². The molecule has 4 N–H and O–H groups in total. The van der Waals surface area contributed by atoms with E-state index in [1.54, 1.807) is 6.92 Å². The summed E-state index contributed by atoms with van der Waals surface area (Å²) in [7, 11) is 1.52. The number of methoxy groups -OCH3 is 1. The molecule has 0 bridgehead atoms. The van der Waals surface area contributed by atoms with Gasteiger partial charge >= 0.3 is 5.97 Å². The quantitative estimate of drug-likeness (QED) is 0.282. The molecule has 0 radical (unpaired) electrons. The molecular weight excluding hydrogens is 572 g/mol. The van der Waals surface area contributed by atoms with Crippen molar-refractivity contribution in [3.63, 3.8) is 0 Å². The topological polar surface area (TPSA) is 153 Å². The summed E-state index contributed by atoms with van der Waals surface area (Å²) in [5, 5.41) is 41.0. The minimum Gasteiger partial charge on any atom is -0.481 e. The van der Waals surface area contributed by atoms with Gasteiger partial charge in [-0.2, -0.15) is 0 Å². The third-order valence-corrected chi connectivity index (χ3v) is 11.7. The molecular formula is C33H56O11. The van der Waals surface area contributed by atoms with Gasteiger partial charge in [-0.25, -0.2) is 0 Å². The molecule has 44 heavy (non-hydrogen) atoms. The molecule has 254 valence electrons. The number of hydrogen-bond acceptors (Lipinski definition) is 10. The number of carboxylic acid groups (broad SMARTS) is 1. The highest BCUT2D eigenvalue weighted by molar-refractivity contribution is 5.70. The van der Waals surface area contributed by atoms with Gasteiger partial charge in [0.05, 0.1) is 67.0 Å². The van der Waals surface area contributed by atoms with E-state index < -0.39 is 54.0 Å². The highest BCUT2D eigenvalue weighted by Gasteiger charge is 2.58. The van der Waals surface area contributed by atoms with Gasteiger partial charge in [-0.05, 0) is 57.8 Å². The van der Waals surface area contributed by atoms with Crippen molar-refractivity contribution in [1.29, 1.82) is 0 Å². The van der Waals surface area contributed by atoms with Gasteiger partial charge in [-0.1, -0.05) is 27.7 Å². The van der Waals surface area contributed by atoms with Crippen molar-refractivity contribution < 1.29 is 53.6 Å². The first-order valence-corrected chi connectivity index (χ1v) is 16.9. The minimum absolute atomic E-state index is 0.119. The Morgan fingerprint density at radius 3 is 2.32 bits per heavy atom. The van der Waals surface area contributed by atoms with E-state index in [1.807, 2.05) is 13.8 Å². The van der Waals surface area contributed by atoms with Crippen molar-refractivity contribution in [3.05, 3.63) is 0 Å². The van der Waals surface area contributed by atoms with E-state index in [1.165, 1.54) is 7.11 Å². The summed E-state index contributed by atoms with van der Waals surface area (Å²) < 4.78 is 38.6. The molecule has 0 amide bonds. The molecule has 0 unspecified atom stereocenters. The normalized spacial score (nSPS) is 48.4. The van der Waals surface area contributed by atoms with E-state index in [2.05, 4.69) is 13.8 Å². The molecule has 5 heterocycles. The maximum absolute atomic E-state index is 11.8. The number of aliphatic hydroxyl groups excluding tert-OH is 2. The van der Waals surface area contributed by atoms with E-state index in [0.717, 1.165) is 44.9 Å². The van der Waals surface area contributed by atoms with Gasteiger partial charge in [0.25, 0.3) is 0 Å². The summed E-state index contributed by atoms with van der Waals surface area (Å²) in [6, 6.07) is 0. The van der Waals surface area contributed by atoms with E-state index in [9.17, 15) is 25.2 Å². The lowest BCUT2D eigenvalue weighted by molar-refractivity contribution is -0.320. The van der Waals surface area contributed by atoms with E-state index in [4.69, 9.17) is 28.4 Å². The molecule has 0 aliphatic carbocycles. The predicted octanol–water partition coefficient (Wildman–Crippen LogP) is 3.39. The molecule has 0 aromatic rings. The van der Waals surface area contributed by atoms with Crippen LogP contribution in [0.15, 0.2) is 0 Å². The molecule has 5 aliphatic rings. The van der Waals surface area contributed by atoms with Crippen LogP contribution in [0.25, 0.3) is 0 Å². The van der Waals surface area contributed by atoms with Crippen LogP contribution in [0.2, 0.25) is 0 Å². The maximum atomic E-state index is 11.8. The maximum Gasteiger partial charge on any atom is 0.308 e. The lowest BCUT2D eigenvalue weighted by Crippen LogP contribution is -2.56. The summed E-state index contributed by atoms with van der Waals surface area (Å²) in [6.07, 6.45) is 4.46. The summed E-state index contributed by atoms with van der Waals surface area (Å²) in [4.78, 5) is 11.8. The largest absolute Gasteiger partial charge is 0.481 e. The Bertz CT molecular complexity index is 997. The molecule has 15 atom stereocenters. The van der Waals surface area contributed by atoms with Crippen molar-refractivity contribution >= 4 is 5.97 Å². The fourth-order valence-electron chi connectivity index (χ4n) is 9.01. The monoisotopic (exact) mass is 628 g/mol. The lowest BCUT2D eigenvalue weighted by atomic mass is 9.78. The Morgan fingerprint density at radius 2 is 1.66 bits per heavy atom. The number of rotatable bonds is 10. The third kappa shape index (κ3) is 6.47. The Balaban J connectivity index is 1.24. The summed E-state index contributed by atoms with van der Waals surface area (Å²) in [6.45, 7) is 9.43. The van der Waals surface area contributed by atoms with Gasteiger partial charge in [0.2, 0.25) is 0 Å². The summed E-state index contributed by atoms with van der Waals surface area (Å²) in [5.41, 5.74) is -0.461. The van der Waals surface area contributed by atoms with Crippen LogP contribution in [-0.4, -0.2) is 106 Å². The molecule has 0 saturated carbocycles. The second kappa shape index (κ2) is 13.3. The molecule has 5 fully saturated rings. The van der Waals surface area contributed by atoms with E-state index >= 15 is 0 Å². The van der Waals surface area contributed by atoms with Gasteiger partial charge in [0.15, 0.2) is 11.6 Å². The second-order valence-electron chi connectivity index (χ2n) is 14.6. The Morgan fingerprint density at radius 1 is 0.977 bits per heavy atom. The zero-order valence-electron chi connectivity index (χ0n) is 27.4. The van der Waals surface area contributed by atoms with Crippen LogP contribution in [0.4, 0.5) is 0 Å². The smallest absolute Gasteiger partial charge is 0.308 e. The highest BCUT2D eigenvalue weighted by atomic mass is 16.7. The van der Waals surface area contributed by atoms with Crippen LogP contribution in [-0.2, 0) is 33.2 Å². The van der Waals surface area contributed by atoms with Gasteiger partial charge in [0, 0.05) is 38.2 Å². The number of carbonyl (C=O) groups is 1. The molecule has 5 aliphatic heterocycles. The fraction of sp³-hybridized carbons (Fsp3) is 0.970. The Kier molecular flexibility index (Phi) is 10.4. The van der Waals surface area contributed by atoms with Crippen LogP contribution in [0.3, 0.4) is 0 Å². The molecule has 11 nitrogen and oxygen atoms in total. The Labute approximate surface area is 261 Å². The van der Waals surface area contributed by atoms with Crippen LogP contribution in [0.5, 0.6) is 0 Å². The number of hydrogen-bond donors (Lipinski definition) is 4. The van der Waals surface area contributed by atoms with Crippen molar-refractivity contribution in [2.45, 2.75) is 165 Å². The molecule has 0 aromatic heterocycles. The average molecular weight is 629 g/mol. The molecule has 0 aromatic carbocycles. The third-order valence-electron chi connectivity index (χ3n) is 11.7. The van der Waals surface area contributed by atoms with E-state index in [-0.39, 0.29) is 48.3 Å². The zero-order chi connectivity index (χ0) is 32.0. The number of carboxylic acids is 1. The van der Waals surface area contributed by atoms with Crippen molar-refractivity contribution in [3.8, 4) is 0 Å². The first-order valence-electron chi connectivity index (χ1n) is 16.9. The molecule has 5 rings (SSSR count). The standard InChI is InChI=1S/C33H56O11/c1-7-31(29-18(2)15-26(40-29)23-9-8-12-32(38,17-34)42-23)13-10-24(41-31)25-11-14-33(43-25)16-22(35)19(3)28(44-33)20(4)27(39-6)21(5)30(36)37/h18-29,34-35,38H,7-17H2,1-6H3,(H,36,37)/t18-,19+,20-,21-,22-,23-,24+,25-,26+,27+,28-,29+,31-,32+,33+/m0/s1. The summed E-state index contributed by atoms with van der Waals surface area (Å²) in [5.74, 6) is -4.34. The predicted molar refractivity (Wildman–Crippen MR) is 159 cm³/mol. The molecule has 5 saturated heterocycles. The summed E-state index contributed by atoms with van der Waals surface area (Å²) >= 11 is 0. The average Bonchev–Trinajstić information content (AvgIpc) is 3.73. The molecule has 11 heteroatoms. The highest BCUT2D eigenvalue weighted by Crippen LogP contribution is 2.51. The number of ether oxygens (including phenoxy) is 6. The zero-order valence-corrected chi connectivity index (χ0v) is 27.4. The lowest BCUT2D eigenvalue weighted by Gasteiger charge is -2.48. The van der Waals surface area contributed by atoms with Crippen molar-refractivity contribution in [1.82, 2.24) is 0 Å². The van der Waals surface area contributed by atoms with Crippen LogP contribution >= 0.6 is 0 Å².